The first-order valence-electron chi connectivity index (χ1n) is 10.6. The van der Waals surface area contributed by atoms with Gasteiger partial charge in [0.25, 0.3) is 0 Å². The fourth-order valence-electron chi connectivity index (χ4n) is 5.66. The molecule has 4 aliphatic carbocycles. The van der Waals surface area contributed by atoms with Gasteiger partial charge in [0.1, 0.15) is 6.61 Å². The van der Waals surface area contributed by atoms with Gasteiger partial charge in [-0.3, -0.25) is 4.79 Å². The molecule has 1 amide bonds. The normalized spacial score (nSPS) is 35.5. The van der Waals surface area contributed by atoms with Crippen molar-refractivity contribution in [1.82, 2.24) is 5.32 Å². The summed E-state index contributed by atoms with van der Waals surface area (Å²) in [4.78, 5) is 12.2. The second-order valence-electron chi connectivity index (χ2n) is 9.45. The van der Waals surface area contributed by atoms with Gasteiger partial charge in [0.05, 0.1) is 5.60 Å². The Bertz CT molecular complexity index is 543. The minimum atomic E-state index is -0.0686. The lowest BCUT2D eigenvalue weighted by molar-refractivity contribution is -0.195. The number of allylic oxidation sites excluding steroid dienone is 3. The smallest absolute Gasteiger partial charge is 0.246 e. The van der Waals surface area contributed by atoms with E-state index < -0.39 is 0 Å². The lowest BCUT2D eigenvalue weighted by Crippen LogP contribution is -2.58. The van der Waals surface area contributed by atoms with Gasteiger partial charge in [-0.05, 0) is 96.3 Å². The number of ether oxygens (including phenoxy) is 1. The Morgan fingerprint density at radius 1 is 1.04 bits per heavy atom. The van der Waals surface area contributed by atoms with Crippen molar-refractivity contribution in [2.75, 3.05) is 13.2 Å². The number of carbonyl (C=O) groups excluding carboxylic acids is 1. The van der Waals surface area contributed by atoms with Crippen molar-refractivity contribution in [3.05, 3.63) is 23.3 Å². The van der Waals surface area contributed by atoms with Crippen LogP contribution in [0.15, 0.2) is 23.3 Å². The van der Waals surface area contributed by atoms with Gasteiger partial charge in [-0.15, -0.1) is 0 Å². The number of rotatable bonds is 8. The molecule has 3 heteroatoms. The van der Waals surface area contributed by atoms with Gasteiger partial charge in [0.15, 0.2) is 0 Å². The van der Waals surface area contributed by atoms with E-state index in [9.17, 15) is 4.79 Å². The first-order valence-corrected chi connectivity index (χ1v) is 10.6. The van der Waals surface area contributed by atoms with Gasteiger partial charge in [0, 0.05) is 6.54 Å². The van der Waals surface area contributed by atoms with Crippen LogP contribution in [0.25, 0.3) is 0 Å². The molecule has 0 heterocycles. The molecule has 0 aromatic carbocycles. The van der Waals surface area contributed by atoms with Crippen molar-refractivity contribution in [1.29, 1.82) is 0 Å². The van der Waals surface area contributed by atoms with Gasteiger partial charge >= 0.3 is 0 Å². The summed E-state index contributed by atoms with van der Waals surface area (Å²) in [6.45, 7) is 9.49. The van der Waals surface area contributed by atoms with Crippen molar-refractivity contribution in [2.45, 2.75) is 78.2 Å². The maximum Gasteiger partial charge on any atom is 0.246 e. The van der Waals surface area contributed by atoms with Crippen LogP contribution in [0.5, 0.6) is 0 Å². The van der Waals surface area contributed by atoms with Crippen LogP contribution in [-0.4, -0.2) is 24.7 Å². The zero-order valence-corrected chi connectivity index (χ0v) is 17.1. The van der Waals surface area contributed by atoms with Gasteiger partial charge < -0.3 is 10.1 Å². The molecular formula is C23H37NO2. The maximum atomic E-state index is 12.2. The van der Waals surface area contributed by atoms with Crippen LogP contribution >= 0.6 is 0 Å². The number of amides is 1. The van der Waals surface area contributed by atoms with E-state index in [1.54, 1.807) is 0 Å². The van der Waals surface area contributed by atoms with Gasteiger partial charge in [-0.1, -0.05) is 23.3 Å². The molecule has 4 saturated carbocycles. The zero-order chi connectivity index (χ0) is 18.7. The third-order valence-electron chi connectivity index (χ3n) is 7.11. The van der Waals surface area contributed by atoms with Crippen molar-refractivity contribution in [3.63, 3.8) is 0 Å². The summed E-state index contributed by atoms with van der Waals surface area (Å²) >= 11 is 0. The molecule has 0 aromatic heterocycles. The van der Waals surface area contributed by atoms with E-state index >= 15 is 0 Å². The van der Waals surface area contributed by atoms with Crippen LogP contribution in [-0.2, 0) is 9.53 Å². The summed E-state index contributed by atoms with van der Waals surface area (Å²) in [5.41, 5.74) is 2.62. The van der Waals surface area contributed by atoms with E-state index in [4.69, 9.17) is 4.74 Å². The molecule has 4 aliphatic rings. The molecule has 4 bridgehead atoms. The molecule has 0 atom stereocenters. The summed E-state index contributed by atoms with van der Waals surface area (Å²) in [6, 6.07) is 0. The molecule has 0 aliphatic heterocycles. The van der Waals surface area contributed by atoms with Crippen LogP contribution in [0.3, 0.4) is 0 Å². The van der Waals surface area contributed by atoms with Gasteiger partial charge in [-0.25, -0.2) is 0 Å². The highest BCUT2D eigenvalue weighted by molar-refractivity contribution is 5.77. The number of hydrogen-bond donors (Lipinski definition) is 1. The molecule has 146 valence electrons. The van der Waals surface area contributed by atoms with Crippen molar-refractivity contribution < 1.29 is 9.53 Å². The minimum absolute atomic E-state index is 0.0216. The summed E-state index contributed by atoms with van der Waals surface area (Å²) in [5.74, 6) is 3.23. The van der Waals surface area contributed by atoms with E-state index in [1.165, 1.54) is 43.3 Å². The first kappa shape index (κ1) is 19.7. The highest BCUT2D eigenvalue weighted by atomic mass is 16.5. The zero-order valence-electron chi connectivity index (χ0n) is 17.1. The molecule has 26 heavy (non-hydrogen) atoms. The summed E-state index contributed by atoms with van der Waals surface area (Å²) in [6.07, 6.45) is 13.2. The number of nitrogens with one attached hydrogen (secondary N) is 1. The predicted octanol–water partition coefficient (Wildman–Crippen LogP) is 5.03. The Morgan fingerprint density at radius 3 is 2.23 bits per heavy atom. The van der Waals surface area contributed by atoms with Gasteiger partial charge in [0.2, 0.25) is 5.91 Å². The molecular weight excluding hydrogens is 322 g/mol. The predicted molar refractivity (Wildman–Crippen MR) is 107 cm³/mol. The molecule has 0 aromatic rings. The van der Waals surface area contributed by atoms with Crippen LogP contribution < -0.4 is 5.32 Å². The van der Waals surface area contributed by atoms with Crippen LogP contribution in [0, 0.1) is 23.7 Å². The number of hydrogen-bond acceptors (Lipinski definition) is 2. The largest absolute Gasteiger partial charge is 0.365 e. The van der Waals surface area contributed by atoms with E-state index in [0.29, 0.717) is 18.4 Å². The van der Waals surface area contributed by atoms with Crippen molar-refractivity contribution >= 4 is 5.91 Å². The molecule has 0 saturated heterocycles. The van der Waals surface area contributed by atoms with Crippen molar-refractivity contribution in [3.8, 4) is 0 Å². The first-order chi connectivity index (χ1) is 12.4. The van der Waals surface area contributed by atoms with E-state index in [2.05, 4.69) is 45.2 Å². The van der Waals surface area contributed by atoms with E-state index in [1.807, 2.05) is 0 Å². The Balaban J connectivity index is 1.40. The topological polar surface area (TPSA) is 38.3 Å². The SMILES string of the molecule is CC(C)=CCC/C(C)=C/CNC(=O)COC1(C)C2CC3CC(C2)CC1C3. The summed E-state index contributed by atoms with van der Waals surface area (Å²) in [5, 5.41) is 3.00. The molecule has 0 spiro atoms. The van der Waals surface area contributed by atoms with Crippen LogP contribution in [0.1, 0.15) is 72.6 Å². The van der Waals surface area contributed by atoms with Crippen LogP contribution in [0.4, 0.5) is 0 Å². The second-order valence-corrected chi connectivity index (χ2v) is 9.45. The Hall–Kier alpha value is -1.09. The highest BCUT2D eigenvalue weighted by Crippen LogP contribution is 2.59. The molecule has 0 radical (unpaired) electrons. The summed E-state index contributed by atoms with van der Waals surface area (Å²) in [7, 11) is 0. The average molecular weight is 360 g/mol. The Labute approximate surface area is 159 Å². The minimum Gasteiger partial charge on any atom is -0.365 e. The Kier molecular flexibility index (Phi) is 6.27. The summed E-state index contributed by atoms with van der Waals surface area (Å²) < 4.78 is 6.28. The Morgan fingerprint density at radius 2 is 1.65 bits per heavy atom. The molecule has 4 fully saturated rings. The molecule has 4 rings (SSSR count). The standard InChI is InChI=1S/C23H37NO2/c1-16(2)6-5-7-17(3)8-9-24-22(25)15-26-23(4)20-11-18-10-19(13-20)14-21(23)12-18/h6,8,18-21H,5,7,9-15H2,1-4H3,(H,24,25)/b17-8+. The van der Waals surface area contributed by atoms with Crippen molar-refractivity contribution in [2.24, 2.45) is 23.7 Å². The monoisotopic (exact) mass is 359 g/mol. The molecule has 3 nitrogen and oxygen atoms in total. The molecule has 0 unspecified atom stereocenters. The second kappa shape index (κ2) is 8.29. The van der Waals surface area contributed by atoms with Crippen LogP contribution in [0.2, 0.25) is 0 Å². The fraction of sp³-hybridized carbons (Fsp3) is 0.783. The average Bonchev–Trinajstić information content (AvgIpc) is 2.57. The quantitative estimate of drug-likeness (QED) is 0.618. The third-order valence-corrected chi connectivity index (χ3v) is 7.11. The third kappa shape index (κ3) is 4.60. The fourth-order valence-corrected chi connectivity index (χ4v) is 5.66. The maximum absolute atomic E-state index is 12.2. The number of carbonyl (C=O) groups is 1. The molecule has 1 N–H and O–H groups in total. The van der Waals surface area contributed by atoms with Gasteiger partial charge in [-0.2, -0.15) is 0 Å². The lowest BCUT2D eigenvalue weighted by Gasteiger charge is -2.59. The lowest BCUT2D eigenvalue weighted by atomic mass is 9.50. The highest BCUT2D eigenvalue weighted by Gasteiger charge is 2.55. The van der Waals surface area contributed by atoms with E-state index in [0.717, 1.165) is 24.7 Å². The van der Waals surface area contributed by atoms with E-state index in [-0.39, 0.29) is 18.1 Å².